The summed E-state index contributed by atoms with van der Waals surface area (Å²) in [6, 6.07) is 7.21. The van der Waals surface area contributed by atoms with E-state index >= 15 is 0 Å². The number of hydrogen-bond donors (Lipinski definition) is 1. The Balaban J connectivity index is 1.74. The van der Waals surface area contributed by atoms with Gasteiger partial charge in [-0.3, -0.25) is 14.3 Å². The van der Waals surface area contributed by atoms with Gasteiger partial charge < -0.3 is 10.0 Å². The molecular formula is C16H17N3O3. The van der Waals surface area contributed by atoms with Gasteiger partial charge in [0.05, 0.1) is 6.20 Å². The molecule has 0 bridgehead atoms. The molecule has 1 aliphatic heterocycles. The van der Waals surface area contributed by atoms with E-state index in [0.717, 1.165) is 5.56 Å². The number of aryl methyl sites for hydroxylation is 2. The van der Waals surface area contributed by atoms with Crippen molar-refractivity contribution >= 4 is 17.6 Å². The van der Waals surface area contributed by atoms with E-state index in [1.165, 1.54) is 0 Å². The van der Waals surface area contributed by atoms with Crippen molar-refractivity contribution in [1.82, 2.24) is 9.78 Å². The zero-order chi connectivity index (χ0) is 15.7. The van der Waals surface area contributed by atoms with Crippen molar-refractivity contribution in [3.8, 4) is 0 Å². The van der Waals surface area contributed by atoms with Crippen molar-refractivity contribution < 1.29 is 14.7 Å². The standard InChI is InChI=1S/C16H17N3O3/c1-18-9-11(8-17-18)6-7-15(20)19-10-13(16(21)22)12-4-2-3-5-14(12)19/h2-5,8-9,13H,6-7,10H2,1H3,(H,21,22). The maximum absolute atomic E-state index is 12.5. The Labute approximate surface area is 128 Å². The first-order valence-corrected chi connectivity index (χ1v) is 7.16. The van der Waals surface area contributed by atoms with Crippen LogP contribution in [0.25, 0.3) is 0 Å². The number of anilines is 1. The van der Waals surface area contributed by atoms with Crippen molar-refractivity contribution in [3.63, 3.8) is 0 Å². The highest BCUT2D eigenvalue weighted by molar-refractivity contribution is 5.99. The van der Waals surface area contributed by atoms with Gasteiger partial charge in [0.15, 0.2) is 0 Å². The van der Waals surface area contributed by atoms with E-state index in [-0.39, 0.29) is 12.5 Å². The lowest BCUT2D eigenvalue weighted by Crippen LogP contribution is -2.31. The van der Waals surface area contributed by atoms with E-state index < -0.39 is 11.9 Å². The molecule has 1 aromatic carbocycles. The molecule has 2 heterocycles. The number of nitrogens with zero attached hydrogens (tertiary/aromatic N) is 3. The van der Waals surface area contributed by atoms with Gasteiger partial charge in [-0.25, -0.2) is 0 Å². The Morgan fingerprint density at radius 2 is 2.14 bits per heavy atom. The first kappa shape index (κ1) is 14.3. The molecule has 0 saturated carbocycles. The Morgan fingerprint density at radius 1 is 1.36 bits per heavy atom. The van der Waals surface area contributed by atoms with Gasteiger partial charge in [-0.1, -0.05) is 18.2 Å². The lowest BCUT2D eigenvalue weighted by molar-refractivity contribution is -0.138. The van der Waals surface area contributed by atoms with Gasteiger partial charge in [0.1, 0.15) is 5.92 Å². The van der Waals surface area contributed by atoms with Crippen LogP contribution < -0.4 is 4.90 Å². The minimum Gasteiger partial charge on any atom is -0.481 e. The third-order valence-electron chi connectivity index (χ3n) is 3.95. The molecule has 1 aliphatic rings. The fourth-order valence-electron chi connectivity index (χ4n) is 2.84. The molecule has 0 radical (unpaired) electrons. The van der Waals surface area contributed by atoms with Crippen LogP contribution in [0.15, 0.2) is 36.7 Å². The summed E-state index contributed by atoms with van der Waals surface area (Å²) < 4.78 is 1.70. The lowest BCUT2D eigenvalue weighted by atomic mass is 10.0. The molecule has 6 heteroatoms. The van der Waals surface area contributed by atoms with E-state index in [2.05, 4.69) is 5.10 Å². The van der Waals surface area contributed by atoms with Gasteiger partial charge in [-0.2, -0.15) is 5.10 Å². The van der Waals surface area contributed by atoms with E-state index in [4.69, 9.17) is 0 Å². The number of hydrogen-bond acceptors (Lipinski definition) is 3. The molecule has 22 heavy (non-hydrogen) atoms. The molecule has 6 nitrogen and oxygen atoms in total. The van der Waals surface area contributed by atoms with E-state index in [1.807, 2.05) is 19.3 Å². The second kappa shape index (κ2) is 5.63. The van der Waals surface area contributed by atoms with Crippen LogP contribution in [0.2, 0.25) is 0 Å². The number of amides is 1. The summed E-state index contributed by atoms with van der Waals surface area (Å²) in [5.74, 6) is -1.59. The third-order valence-corrected chi connectivity index (χ3v) is 3.95. The molecule has 114 valence electrons. The Hall–Kier alpha value is -2.63. The molecule has 0 spiro atoms. The maximum Gasteiger partial charge on any atom is 0.312 e. The van der Waals surface area contributed by atoms with Crippen LogP contribution in [0, 0.1) is 0 Å². The quantitative estimate of drug-likeness (QED) is 0.929. The molecule has 1 atom stereocenters. The SMILES string of the molecule is Cn1cc(CCC(=O)N2CC(C(=O)O)c3ccccc32)cn1. The number of fused-ring (bicyclic) bond motifs is 1. The fourth-order valence-corrected chi connectivity index (χ4v) is 2.84. The highest BCUT2D eigenvalue weighted by Crippen LogP contribution is 2.36. The van der Waals surface area contributed by atoms with E-state index in [0.29, 0.717) is 24.1 Å². The zero-order valence-corrected chi connectivity index (χ0v) is 12.3. The lowest BCUT2D eigenvalue weighted by Gasteiger charge is -2.17. The number of carbonyl (C=O) groups excluding carboxylic acids is 1. The summed E-state index contributed by atoms with van der Waals surface area (Å²) in [4.78, 5) is 25.4. The van der Waals surface area contributed by atoms with Crippen molar-refractivity contribution in [2.24, 2.45) is 7.05 Å². The van der Waals surface area contributed by atoms with Crippen LogP contribution >= 0.6 is 0 Å². The number of carboxylic acids is 1. The largest absolute Gasteiger partial charge is 0.481 e. The van der Waals surface area contributed by atoms with Gasteiger partial charge in [-0.15, -0.1) is 0 Å². The fraction of sp³-hybridized carbons (Fsp3) is 0.312. The van der Waals surface area contributed by atoms with Crippen LogP contribution in [0.4, 0.5) is 5.69 Å². The molecule has 1 amide bonds. The summed E-state index contributed by atoms with van der Waals surface area (Å²) in [6.07, 6.45) is 4.56. The second-order valence-corrected chi connectivity index (χ2v) is 5.48. The van der Waals surface area contributed by atoms with Crippen LogP contribution in [0.3, 0.4) is 0 Å². The summed E-state index contributed by atoms with van der Waals surface area (Å²) in [5.41, 5.74) is 2.42. The minimum atomic E-state index is -0.894. The summed E-state index contributed by atoms with van der Waals surface area (Å²) in [7, 11) is 1.83. The van der Waals surface area contributed by atoms with Crippen LogP contribution in [-0.4, -0.2) is 33.3 Å². The highest BCUT2D eigenvalue weighted by atomic mass is 16.4. The monoisotopic (exact) mass is 299 g/mol. The Morgan fingerprint density at radius 3 is 2.82 bits per heavy atom. The van der Waals surface area contributed by atoms with Crippen LogP contribution in [0.1, 0.15) is 23.5 Å². The summed E-state index contributed by atoms with van der Waals surface area (Å²) in [5, 5.41) is 13.4. The molecular weight excluding hydrogens is 282 g/mol. The predicted octanol–water partition coefficient (Wildman–Crippen LogP) is 1.57. The molecule has 1 unspecified atom stereocenters. The van der Waals surface area contributed by atoms with Crippen molar-refractivity contribution in [2.75, 3.05) is 11.4 Å². The first-order valence-electron chi connectivity index (χ1n) is 7.16. The van der Waals surface area contributed by atoms with Gasteiger partial charge in [0.25, 0.3) is 0 Å². The maximum atomic E-state index is 12.5. The number of benzene rings is 1. The van der Waals surface area contributed by atoms with Crippen molar-refractivity contribution in [3.05, 3.63) is 47.8 Å². The normalized spacial score (nSPS) is 16.6. The molecule has 0 saturated heterocycles. The Bertz CT molecular complexity index is 723. The molecule has 1 N–H and O–H groups in total. The van der Waals surface area contributed by atoms with E-state index in [9.17, 15) is 14.7 Å². The molecule has 2 aromatic rings. The second-order valence-electron chi connectivity index (χ2n) is 5.48. The number of aromatic nitrogens is 2. The Kier molecular flexibility index (Phi) is 3.66. The van der Waals surface area contributed by atoms with Gasteiger partial charge in [0.2, 0.25) is 5.91 Å². The average molecular weight is 299 g/mol. The van der Waals surface area contributed by atoms with Gasteiger partial charge in [-0.05, 0) is 23.6 Å². The smallest absolute Gasteiger partial charge is 0.312 e. The van der Waals surface area contributed by atoms with E-state index in [1.54, 1.807) is 34.0 Å². The molecule has 0 aliphatic carbocycles. The topological polar surface area (TPSA) is 75.4 Å². The van der Waals surface area contributed by atoms with Crippen molar-refractivity contribution in [2.45, 2.75) is 18.8 Å². The predicted molar refractivity (Wildman–Crippen MR) is 80.7 cm³/mol. The number of carbonyl (C=O) groups is 2. The molecule has 1 aromatic heterocycles. The zero-order valence-electron chi connectivity index (χ0n) is 12.3. The van der Waals surface area contributed by atoms with Crippen LogP contribution in [0.5, 0.6) is 0 Å². The molecule has 0 fully saturated rings. The first-order chi connectivity index (χ1) is 10.6. The highest BCUT2D eigenvalue weighted by Gasteiger charge is 2.35. The van der Waals surface area contributed by atoms with Gasteiger partial charge >= 0.3 is 5.97 Å². The van der Waals surface area contributed by atoms with Gasteiger partial charge in [0, 0.05) is 31.9 Å². The number of aliphatic carboxylic acids is 1. The summed E-state index contributed by atoms with van der Waals surface area (Å²) >= 11 is 0. The molecule has 3 rings (SSSR count). The van der Waals surface area contributed by atoms with Crippen molar-refractivity contribution in [1.29, 1.82) is 0 Å². The summed E-state index contributed by atoms with van der Waals surface area (Å²) in [6.45, 7) is 0.209. The van der Waals surface area contributed by atoms with Crippen LogP contribution in [-0.2, 0) is 23.1 Å². The minimum absolute atomic E-state index is 0.0555. The number of carboxylic acid groups (broad SMARTS) is 1. The third kappa shape index (κ3) is 2.59. The number of rotatable bonds is 4. The average Bonchev–Trinajstić information content (AvgIpc) is 3.08. The number of para-hydroxylation sites is 1.